The number of rotatable bonds is 4. The molecule has 0 fully saturated rings. The van der Waals surface area contributed by atoms with Gasteiger partial charge in [-0.1, -0.05) is 0 Å². The zero-order valence-corrected chi connectivity index (χ0v) is 10.6. The number of nitrogens with two attached hydrogens (primary N) is 1. The Bertz CT molecular complexity index is 523. The molecule has 0 radical (unpaired) electrons. The molecule has 0 bridgehead atoms. The zero-order valence-electron chi connectivity index (χ0n) is 9.82. The summed E-state index contributed by atoms with van der Waals surface area (Å²) < 4.78 is 61.9. The topological polar surface area (TPSA) is 63.4 Å². The molecular weight excluding hydrogens is 269 g/mol. The molecule has 0 amide bonds. The van der Waals surface area contributed by atoms with Gasteiger partial charge in [0.05, 0.1) is 11.4 Å². The van der Waals surface area contributed by atoms with Gasteiger partial charge < -0.3 is 5.73 Å². The lowest BCUT2D eigenvalue weighted by Crippen LogP contribution is -2.31. The first-order chi connectivity index (χ1) is 8.16. The van der Waals surface area contributed by atoms with Crippen LogP contribution in [-0.2, 0) is 10.0 Å². The van der Waals surface area contributed by atoms with Crippen LogP contribution in [0.2, 0.25) is 0 Å². The van der Waals surface area contributed by atoms with Gasteiger partial charge in [-0.3, -0.25) is 0 Å². The number of hydrogen-bond donors (Lipinski definition) is 1. The van der Waals surface area contributed by atoms with Crippen molar-refractivity contribution in [3.63, 3.8) is 0 Å². The molecule has 0 aliphatic rings. The van der Waals surface area contributed by atoms with Crippen LogP contribution in [0, 0.1) is 12.7 Å². The molecular formula is C10H13F3N2O2S. The maximum atomic E-state index is 13.4. The van der Waals surface area contributed by atoms with Crippen molar-refractivity contribution in [2.45, 2.75) is 18.2 Å². The molecule has 102 valence electrons. The van der Waals surface area contributed by atoms with Crippen LogP contribution in [0.5, 0.6) is 0 Å². The smallest absolute Gasteiger partial charge is 0.252 e. The molecule has 1 aromatic rings. The second-order valence-electron chi connectivity index (χ2n) is 3.80. The summed E-state index contributed by atoms with van der Waals surface area (Å²) in [6, 6.07) is 1.82. The van der Waals surface area contributed by atoms with E-state index in [0.29, 0.717) is 4.31 Å². The highest BCUT2D eigenvalue weighted by atomic mass is 32.2. The molecule has 0 aliphatic carbocycles. The number of halogens is 3. The van der Waals surface area contributed by atoms with Gasteiger partial charge in [0.15, 0.2) is 0 Å². The van der Waals surface area contributed by atoms with Crippen LogP contribution in [0.3, 0.4) is 0 Å². The van der Waals surface area contributed by atoms with E-state index in [4.69, 9.17) is 5.73 Å². The Balaban J connectivity index is 3.21. The Kier molecular flexibility index (Phi) is 4.23. The van der Waals surface area contributed by atoms with Crippen LogP contribution in [0.25, 0.3) is 0 Å². The Labute approximate surface area is 103 Å². The molecule has 0 aliphatic heterocycles. The highest BCUT2D eigenvalue weighted by Gasteiger charge is 2.25. The molecule has 1 rings (SSSR count). The van der Waals surface area contributed by atoms with Gasteiger partial charge in [-0.2, -0.15) is 4.31 Å². The Morgan fingerprint density at radius 3 is 2.39 bits per heavy atom. The van der Waals surface area contributed by atoms with Crippen LogP contribution < -0.4 is 5.73 Å². The number of sulfonamides is 1. The first-order valence-electron chi connectivity index (χ1n) is 4.96. The quantitative estimate of drug-likeness (QED) is 0.853. The summed E-state index contributed by atoms with van der Waals surface area (Å²) in [6.07, 6.45) is -2.81. The third-order valence-corrected chi connectivity index (χ3v) is 4.26. The second-order valence-corrected chi connectivity index (χ2v) is 5.84. The molecule has 0 saturated heterocycles. The van der Waals surface area contributed by atoms with Crippen molar-refractivity contribution in [2.75, 3.05) is 19.3 Å². The van der Waals surface area contributed by atoms with E-state index in [-0.39, 0.29) is 11.3 Å². The Morgan fingerprint density at radius 1 is 1.39 bits per heavy atom. The molecule has 0 unspecified atom stereocenters. The van der Waals surface area contributed by atoms with E-state index in [1.54, 1.807) is 0 Å². The summed E-state index contributed by atoms with van der Waals surface area (Å²) in [7, 11) is -3.17. The summed E-state index contributed by atoms with van der Waals surface area (Å²) in [4.78, 5) is -0.439. The second kappa shape index (κ2) is 5.15. The maximum absolute atomic E-state index is 13.4. The number of alkyl halides is 2. The molecule has 0 spiro atoms. The standard InChI is InChI=1S/C10H13F3N2O2S/c1-6-8(11)3-7(4-9(6)14)18(16,17)15(2)5-10(12)13/h3-4,10H,5,14H2,1-2H3. The van der Waals surface area contributed by atoms with Crippen LogP contribution in [0.4, 0.5) is 18.9 Å². The van der Waals surface area contributed by atoms with Crippen molar-refractivity contribution < 1.29 is 21.6 Å². The van der Waals surface area contributed by atoms with Gasteiger partial charge in [0.25, 0.3) is 6.43 Å². The molecule has 0 aromatic heterocycles. The average molecular weight is 282 g/mol. The van der Waals surface area contributed by atoms with E-state index in [0.717, 1.165) is 19.2 Å². The number of hydrogen-bond acceptors (Lipinski definition) is 3. The predicted octanol–water partition coefficient (Wildman–Crippen LogP) is 1.60. The average Bonchev–Trinajstić information content (AvgIpc) is 2.24. The van der Waals surface area contributed by atoms with Crippen LogP contribution in [0.1, 0.15) is 5.56 Å². The fourth-order valence-corrected chi connectivity index (χ4v) is 2.49. The fraction of sp³-hybridized carbons (Fsp3) is 0.400. The lowest BCUT2D eigenvalue weighted by atomic mass is 10.2. The van der Waals surface area contributed by atoms with E-state index in [1.807, 2.05) is 0 Å². The molecule has 18 heavy (non-hydrogen) atoms. The van der Waals surface area contributed by atoms with E-state index >= 15 is 0 Å². The summed E-state index contributed by atoms with van der Waals surface area (Å²) in [5.74, 6) is -0.793. The van der Waals surface area contributed by atoms with Crippen LogP contribution in [-0.4, -0.2) is 32.7 Å². The van der Waals surface area contributed by atoms with Crippen LogP contribution in [0.15, 0.2) is 17.0 Å². The van der Waals surface area contributed by atoms with Crippen molar-refractivity contribution in [3.05, 3.63) is 23.5 Å². The normalized spacial score (nSPS) is 12.4. The number of anilines is 1. The monoisotopic (exact) mass is 282 g/mol. The highest BCUT2D eigenvalue weighted by Crippen LogP contribution is 2.23. The fourth-order valence-electron chi connectivity index (χ4n) is 1.30. The molecule has 0 heterocycles. The van der Waals surface area contributed by atoms with Gasteiger partial charge in [-0.05, 0) is 19.1 Å². The van der Waals surface area contributed by atoms with Crippen molar-refractivity contribution >= 4 is 15.7 Å². The van der Waals surface area contributed by atoms with Gasteiger partial charge in [-0.25, -0.2) is 21.6 Å². The van der Waals surface area contributed by atoms with E-state index < -0.39 is 33.7 Å². The van der Waals surface area contributed by atoms with E-state index in [2.05, 4.69) is 0 Å². The van der Waals surface area contributed by atoms with Gasteiger partial charge in [0.1, 0.15) is 5.82 Å². The minimum Gasteiger partial charge on any atom is -0.398 e. The van der Waals surface area contributed by atoms with Crippen molar-refractivity contribution in [1.82, 2.24) is 4.31 Å². The lowest BCUT2D eigenvalue weighted by Gasteiger charge is -2.17. The SMILES string of the molecule is Cc1c(N)cc(S(=O)(=O)N(C)CC(F)F)cc1F. The summed E-state index contributed by atoms with van der Waals surface area (Å²) >= 11 is 0. The maximum Gasteiger partial charge on any atom is 0.252 e. The van der Waals surface area contributed by atoms with Gasteiger partial charge in [0.2, 0.25) is 10.0 Å². The largest absolute Gasteiger partial charge is 0.398 e. The predicted molar refractivity (Wildman–Crippen MR) is 61.4 cm³/mol. The van der Waals surface area contributed by atoms with Crippen molar-refractivity contribution in [2.24, 2.45) is 0 Å². The first-order valence-corrected chi connectivity index (χ1v) is 6.40. The first kappa shape index (κ1) is 14.8. The van der Waals surface area contributed by atoms with Crippen LogP contribution >= 0.6 is 0 Å². The zero-order chi connectivity index (χ0) is 14.1. The van der Waals surface area contributed by atoms with E-state index in [9.17, 15) is 21.6 Å². The van der Waals surface area contributed by atoms with Crippen molar-refractivity contribution in [3.8, 4) is 0 Å². The Hall–Kier alpha value is -1.28. The Morgan fingerprint density at radius 2 is 1.94 bits per heavy atom. The number of benzene rings is 1. The van der Waals surface area contributed by atoms with Gasteiger partial charge in [-0.15, -0.1) is 0 Å². The minimum atomic E-state index is -4.16. The minimum absolute atomic E-state index is 0.0426. The molecule has 0 saturated carbocycles. The molecule has 1 aromatic carbocycles. The molecule has 2 N–H and O–H groups in total. The molecule has 4 nitrogen and oxygen atoms in total. The highest BCUT2D eigenvalue weighted by molar-refractivity contribution is 7.89. The van der Waals surface area contributed by atoms with Crippen molar-refractivity contribution in [1.29, 1.82) is 0 Å². The molecule has 0 atom stereocenters. The number of nitrogen functional groups attached to an aromatic ring is 1. The third kappa shape index (κ3) is 2.94. The van der Waals surface area contributed by atoms with E-state index in [1.165, 1.54) is 6.92 Å². The summed E-state index contributed by atoms with van der Waals surface area (Å²) in [5.41, 5.74) is 5.52. The summed E-state index contributed by atoms with van der Waals surface area (Å²) in [5, 5.41) is 0. The van der Waals surface area contributed by atoms with Gasteiger partial charge >= 0.3 is 0 Å². The van der Waals surface area contributed by atoms with Gasteiger partial charge in [0, 0.05) is 18.3 Å². The number of nitrogens with zero attached hydrogens (tertiary/aromatic N) is 1. The molecule has 8 heteroatoms. The lowest BCUT2D eigenvalue weighted by molar-refractivity contribution is 0.126. The third-order valence-electron chi connectivity index (χ3n) is 2.46. The summed E-state index contributed by atoms with van der Waals surface area (Å²) in [6.45, 7) is 0.432.